The summed E-state index contributed by atoms with van der Waals surface area (Å²) in [4.78, 5) is 26.3. The zero-order chi connectivity index (χ0) is 28.4. The summed E-state index contributed by atoms with van der Waals surface area (Å²) in [5.74, 6) is -0.683. The molecule has 1 aliphatic rings. The molecule has 1 unspecified atom stereocenters. The summed E-state index contributed by atoms with van der Waals surface area (Å²) in [5.41, 5.74) is 0. The highest BCUT2D eigenvalue weighted by molar-refractivity contribution is 5.69. The second kappa shape index (κ2) is 25.6. The Labute approximate surface area is 238 Å². The number of rotatable bonds is 26. The van der Waals surface area contributed by atoms with Gasteiger partial charge in [0, 0.05) is 32.1 Å². The van der Waals surface area contributed by atoms with Gasteiger partial charge in [0.15, 0.2) is 6.29 Å². The average molecular weight is 557 g/mol. The second-order valence-electron chi connectivity index (χ2n) is 10.8. The lowest BCUT2D eigenvalue weighted by molar-refractivity contribution is -0.160. The minimum absolute atomic E-state index is 0.0428. The van der Waals surface area contributed by atoms with Crippen LogP contribution in [0.4, 0.5) is 4.79 Å². The van der Waals surface area contributed by atoms with Crippen molar-refractivity contribution in [2.75, 3.05) is 52.7 Å². The van der Waals surface area contributed by atoms with Gasteiger partial charge in [0.2, 0.25) is 0 Å². The van der Waals surface area contributed by atoms with Crippen LogP contribution in [0.2, 0.25) is 0 Å². The van der Waals surface area contributed by atoms with E-state index in [1.54, 1.807) is 0 Å². The molecule has 1 heterocycles. The zero-order valence-electron chi connectivity index (χ0n) is 25.1. The first-order valence-electron chi connectivity index (χ1n) is 15.8. The number of hydrogen-bond acceptors (Lipinski definition) is 8. The van der Waals surface area contributed by atoms with E-state index >= 15 is 0 Å². The molecule has 0 saturated carbocycles. The van der Waals surface area contributed by atoms with E-state index in [0.717, 1.165) is 45.3 Å². The van der Waals surface area contributed by atoms with Crippen LogP contribution in [-0.4, -0.2) is 76.0 Å². The second-order valence-corrected chi connectivity index (χ2v) is 10.8. The van der Waals surface area contributed by atoms with E-state index in [0.29, 0.717) is 26.2 Å². The number of carbonyl (C=O) groups excluding carboxylic acids is 2. The molecule has 0 amide bonds. The van der Waals surface area contributed by atoms with Crippen molar-refractivity contribution in [3.05, 3.63) is 6.92 Å². The Morgan fingerprint density at radius 3 is 1.85 bits per heavy atom. The van der Waals surface area contributed by atoms with Gasteiger partial charge in [0.25, 0.3) is 0 Å². The van der Waals surface area contributed by atoms with Gasteiger partial charge < -0.3 is 23.7 Å². The van der Waals surface area contributed by atoms with E-state index in [1.807, 2.05) is 0 Å². The Kier molecular flexibility index (Phi) is 23.4. The molecular formula is C31H58NO7. The third-order valence-electron chi connectivity index (χ3n) is 6.93. The van der Waals surface area contributed by atoms with Crippen molar-refractivity contribution in [3.63, 3.8) is 0 Å². The van der Waals surface area contributed by atoms with Crippen molar-refractivity contribution in [2.24, 2.45) is 5.92 Å². The van der Waals surface area contributed by atoms with Crippen LogP contribution in [0.3, 0.4) is 0 Å². The topological polar surface area (TPSA) is 83.5 Å². The van der Waals surface area contributed by atoms with Crippen LogP contribution in [0.25, 0.3) is 0 Å². The molecule has 1 fully saturated rings. The number of hydrogen-bond donors (Lipinski definition) is 0. The molecular weight excluding hydrogens is 498 g/mol. The summed E-state index contributed by atoms with van der Waals surface area (Å²) >= 11 is 0. The summed E-state index contributed by atoms with van der Waals surface area (Å²) in [6, 6.07) is 0. The van der Waals surface area contributed by atoms with Gasteiger partial charge in [0.05, 0.1) is 13.0 Å². The Balaban J connectivity index is 2.19. The first kappa shape index (κ1) is 35.6. The molecule has 8 heteroatoms. The Hall–Kier alpha value is -1.38. The fourth-order valence-corrected chi connectivity index (χ4v) is 4.47. The normalized spacial score (nSPS) is 14.6. The Morgan fingerprint density at radius 1 is 0.718 bits per heavy atom. The molecule has 229 valence electrons. The van der Waals surface area contributed by atoms with E-state index < -0.39 is 12.4 Å². The predicted molar refractivity (Wildman–Crippen MR) is 154 cm³/mol. The van der Waals surface area contributed by atoms with Crippen molar-refractivity contribution < 1.29 is 33.3 Å². The fraction of sp³-hybridized carbons (Fsp3) is 0.903. The monoisotopic (exact) mass is 556 g/mol. The first-order chi connectivity index (χ1) is 19.0. The molecule has 1 radical (unpaired) electrons. The highest BCUT2D eigenvalue weighted by atomic mass is 16.7. The molecule has 1 rings (SSSR count). The van der Waals surface area contributed by atoms with Crippen LogP contribution in [0.15, 0.2) is 0 Å². The lowest BCUT2D eigenvalue weighted by atomic mass is 10.1. The minimum Gasteiger partial charge on any atom is -0.465 e. The molecule has 0 bridgehead atoms. The molecule has 8 nitrogen and oxygen atoms in total. The van der Waals surface area contributed by atoms with Crippen LogP contribution in [0.1, 0.15) is 117 Å². The lowest BCUT2D eigenvalue weighted by Crippen LogP contribution is -2.26. The lowest BCUT2D eigenvalue weighted by Gasteiger charge is -2.19. The third-order valence-corrected chi connectivity index (χ3v) is 6.93. The molecule has 0 spiro atoms. The first-order valence-corrected chi connectivity index (χ1v) is 15.8. The maximum absolute atomic E-state index is 12.3. The summed E-state index contributed by atoms with van der Waals surface area (Å²) in [6.45, 7) is 12.9. The number of esters is 1. The molecule has 1 saturated heterocycles. The smallest absolute Gasteiger partial charge is 0.465 e. The number of unbranched alkanes of at least 4 members (excludes halogenated alkanes) is 10. The minimum atomic E-state index is -0.706. The number of likely N-dealkylation sites (tertiary alicyclic amines) is 1. The average Bonchev–Trinajstić information content (AvgIpc) is 3.45. The standard InChI is InChI=1S/C31H58NO7/c1-4-6-8-10-12-16-23-35-30(36-24-17-13-11-9-7-5-2)19-18-29(33)38-26-28(3)27-39-31(34)37-25-22-32-20-14-15-21-32/h28,30H,3-27H2,1-2H3. The molecule has 0 aromatic rings. The van der Waals surface area contributed by atoms with E-state index in [2.05, 4.69) is 25.7 Å². The quantitative estimate of drug-likeness (QED) is 0.0634. The highest BCUT2D eigenvalue weighted by Gasteiger charge is 2.16. The van der Waals surface area contributed by atoms with Crippen molar-refractivity contribution in [1.82, 2.24) is 4.90 Å². The van der Waals surface area contributed by atoms with E-state index in [1.165, 1.54) is 64.2 Å². The van der Waals surface area contributed by atoms with Crippen LogP contribution in [-0.2, 0) is 28.5 Å². The number of nitrogens with zero attached hydrogens (tertiary/aromatic N) is 1. The maximum Gasteiger partial charge on any atom is 0.508 e. The molecule has 1 atom stereocenters. The van der Waals surface area contributed by atoms with Crippen molar-refractivity contribution in [3.8, 4) is 0 Å². The van der Waals surface area contributed by atoms with E-state index in [9.17, 15) is 9.59 Å². The van der Waals surface area contributed by atoms with Gasteiger partial charge in [-0.3, -0.25) is 9.69 Å². The molecule has 0 aromatic heterocycles. The van der Waals surface area contributed by atoms with E-state index in [4.69, 9.17) is 23.7 Å². The summed E-state index contributed by atoms with van der Waals surface area (Å²) in [7, 11) is 0. The molecule has 1 aliphatic heterocycles. The molecule has 0 aromatic carbocycles. The molecule has 0 N–H and O–H groups in total. The number of ether oxygens (including phenoxy) is 5. The third kappa shape index (κ3) is 22.0. The zero-order valence-corrected chi connectivity index (χ0v) is 25.1. The van der Waals surface area contributed by atoms with Crippen LogP contribution in [0, 0.1) is 12.8 Å². The van der Waals surface area contributed by atoms with Crippen molar-refractivity contribution >= 4 is 12.1 Å². The largest absolute Gasteiger partial charge is 0.508 e. The Bertz CT molecular complexity index is 565. The van der Waals surface area contributed by atoms with Gasteiger partial charge >= 0.3 is 12.1 Å². The fourth-order valence-electron chi connectivity index (χ4n) is 4.47. The van der Waals surface area contributed by atoms with Gasteiger partial charge in [-0.15, -0.1) is 0 Å². The maximum atomic E-state index is 12.3. The van der Waals surface area contributed by atoms with Crippen LogP contribution in [0.5, 0.6) is 0 Å². The van der Waals surface area contributed by atoms with E-state index in [-0.39, 0.29) is 31.5 Å². The van der Waals surface area contributed by atoms with Gasteiger partial charge in [-0.2, -0.15) is 0 Å². The highest BCUT2D eigenvalue weighted by Crippen LogP contribution is 2.12. The summed E-state index contributed by atoms with van der Waals surface area (Å²) in [5, 5.41) is 0. The van der Waals surface area contributed by atoms with Gasteiger partial charge in [-0.05, 0) is 45.7 Å². The van der Waals surface area contributed by atoms with Crippen LogP contribution >= 0.6 is 0 Å². The predicted octanol–water partition coefficient (Wildman–Crippen LogP) is 7.09. The Morgan fingerprint density at radius 2 is 1.26 bits per heavy atom. The number of carbonyl (C=O) groups is 2. The van der Waals surface area contributed by atoms with Crippen molar-refractivity contribution in [1.29, 1.82) is 0 Å². The summed E-state index contributed by atoms with van der Waals surface area (Å²) < 4.78 is 27.5. The van der Waals surface area contributed by atoms with Gasteiger partial charge in [0.1, 0.15) is 13.2 Å². The molecule has 39 heavy (non-hydrogen) atoms. The summed E-state index contributed by atoms with van der Waals surface area (Å²) in [6.07, 6.45) is 16.4. The van der Waals surface area contributed by atoms with Gasteiger partial charge in [-0.25, -0.2) is 4.79 Å². The SMILES string of the molecule is [CH2]C(COC(=O)CCC(OCCCCCCCC)OCCCCCCCC)COC(=O)OCCN1CCCC1. The van der Waals surface area contributed by atoms with Gasteiger partial charge in [-0.1, -0.05) is 78.1 Å². The molecule has 0 aliphatic carbocycles. The van der Waals surface area contributed by atoms with Crippen LogP contribution < -0.4 is 0 Å². The van der Waals surface area contributed by atoms with Crippen molar-refractivity contribution in [2.45, 2.75) is 123 Å².